The average molecular weight is 136 g/mol. The predicted molar refractivity (Wildman–Crippen MR) is 43.3 cm³/mol. The van der Waals surface area contributed by atoms with E-state index in [-0.39, 0.29) is 8.41 Å². The number of rotatable bonds is 1. The monoisotopic (exact) mass is 136 g/mol. The van der Waals surface area contributed by atoms with Crippen LogP contribution >= 0.6 is 0 Å². The number of carbonyl (C=O) groups is 1. The molecule has 0 saturated carbocycles. The maximum atomic E-state index is 10.2. The van der Waals surface area contributed by atoms with Crippen molar-refractivity contribution >= 4 is 14.4 Å². The van der Waals surface area contributed by atoms with Crippen LogP contribution in [0.15, 0.2) is 30.3 Å². The van der Waals surface area contributed by atoms with Crippen molar-refractivity contribution in [1.29, 1.82) is 0 Å². The molecule has 0 aromatic heterocycles. The lowest BCUT2D eigenvalue weighted by Gasteiger charge is -1.88. The van der Waals surface area contributed by atoms with Gasteiger partial charge in [0.25, 0.3) is 0 Å². The summed E-state index contributed by atoms with van der Waals surface area (Å²) in [7, 11) is 0. The summed E-state index contributed by atoms with van der Waals surface area (Å²) >= 11 is 0. The Bertz CT molecular complexity index is 208. The highest BCUT2D eigenvalue weighted by Crippen LogP contribution is 1.96. The lowest BCUT2D eigenvalue weighted by molar-refractivity contribution is 0.0697. The van der Waals surface area contributed by atoms with E-state index in [4.69, 9.17) is 5.11 Å². The first-order valence-electron chi connectivity index (χ1n) is 2.59. The van der Waals surface area contributed by atoms with E-state index in [9.17, 15) is 4.79 Å². The van der Waals surface area contributed by atoms with Crippen molar-refractivity contribution in [1.82, 2.24) is 0 Å². The van der Waals surface area contributed by atoms with Crippen molar-refractivity contribution in [2.45, 2.75) is 0 Å². The molecule has 2 nitrogen and oxygen atoms in total. The molecule has 1 aromatic carbocycles. The minimum absolute atomic E-state index is 0. The Balaban J connectivity index is 0.000000810. The molecule has 0 atom stereocenters. The molecule has 0 saturated heterocycles. The molecule has 52 valence electrons. The van der Waals surface area contributed by atoms with Crippen molar-refractivity contribution in [2.24, 2.45) is 0 Å². The fourth-order valence-electron chi connectivity index (χ4n) is 0.581. The van der Waals surface area contributed by atoms with E-state index in [1.807, 2.05) is 0 Å². The fraction of sp³-hybridized carbons (Fsp3) is 0. The van der Waals surface area contributed by atoms with E-state index >= 15 is 0 Å². The van der Waals surface area contributed by atoms with E-state index in [0.29, 0.717) is 5.56 Å². The highest BCUT2D eigenvalue weighted by atomic mass is 16.4. The molecule has 1 rings (SSSR count). The topological polar surface area (TPSA) is 37.3 Å². The second-order valence-corrected chi connectivity index (χ2v) is 1.67. The zero-order valence-corrected chi connectivity index (χ0v) is 4.74. The first-order valence-corrected chi connectivity index (χ1v) is 2.59. The maximum absolute atomic E-state index is 10.2. The molecule has 0 aliphatic rings. The first-order chi connectivity index (χ1) is 4.30. The summed E-state index contributed by atoms with van der Waals surface area (Å²) in [4.78, 5) is 10.2. The molecule has 1 aromatic rings. The van der Waals surface area contributed by atoms with Crippen LogP contribution in [0.2, 0.25) is 0 Å². The van der Waals surface area contributed by atoms with E-state index in [1.54, 1.807) is 30.3 Å². The Morgan fingerprint density at radius 3 is 2.00 bits per heavy atom. The summed E-state index contributed by atoms with van der Waals surface area (Å²) in [5, 5.41) is 8.38. The summed E-state index contributed by atoms with van der Waals surface area (Å²) in [5.74, 6) is -0.879. The van der Waals surface area contributed by atoms with Crippen LogP contribution < -0.4 is 0 Å². The summed E-state index contributed by atoms with van der Waals surface area (Å²) < 4.78 is 0. The molecule has 0 aliphatic heterocycles. The van der Waals surface area contributed by atoms with Gasteiger partial charge < -0.3 is 5.11 Å². The average Bonchev–Trinajstić information content (AvgIpc) is 1.90. The number of hydrogen-bond acceptors (Lipinski definition) is 1. The largest absolute Gasteiger partial charge is 0.478 e. The molecule has 1 N–H and O–H groups in total. The van der Waals surface area contributed by atoms with Crippen molar-refractivity contribution in [3.63, 3.8) is 0 Å². The van der Waals surface area contributed by atoms with Gasteiger partial charge in [0.2, 0.25) is 0 Å². The van der Waals surface area contributed by atoms with Crippen LogP contribution in [-0.4, -0.2) is 19.5 Å². The van der Waals surface area contributed by atoms with Gasteiger partial charge >= 0.3 is 5.97 Å². The summed E-state index contributed by atoms with van der Waals surface area (Å²) in [6, 6.07) is 8.30. The molecule has 0 heterocycles. The SMILES string of the molecule is B.O=C(O)c1ccccc1. The maximum Gasteiger partial charge on any atom is 0.335 e. The van der Waals surface area contributed by atoms with Crippen molar-refractivity contribution < 1.29 is 9.90 Å². The van der Waals surface area contributed by atoms with Crippen LogP contribution in [0.4, 0.5) is 0 Å². The molecule has 10 heavy (non-hydrogen) atoms. The molecule has 0 radical (unpaired) electrons. The second-order valence-electron chi connectivity index (χ2n) is 1.67. The molecular formula is C7H9BO2. The van der Waals surface area contributed by atoms with Crippen LogP contribution in [-0.2, 0) is 0 Å². The Labute approximate surface area is 61.1 Å². The highest BCUT2D eigenvalue weighted by Gasteiger charge is 1.96. The molecule has 0 fully saturated rings. The van der Waals surface area contributed by atoms with Gasteiger partial charge in [-0.2, -0.15) is 0 Å². The second kappa shape index (κ2) is 3.72. The lowest BCUT2D eigenvalue weighted by Crippen LogP contribution is -1.93. The number of hydrogen-bond donors (Lipinski definition) is 1. The van der Waals surface area contributed by atoms with Gasteiger partial charge in [-0.1, -0.05) is 18.2 Å². The zero-order valence-electron chi connectivity index (χ0n) is 4.74. The molecular weight excluding hydrogens is 127 g/mol. The molecule has 0 bridgehead atoms. The minimum atomic E-state index is -0.879. The third-order valence-corrected chi connectivity index (χ3v) is 1.02. The van der Waals surface area contributed by atoms with Crippen LogP contribution in [0.5, 0.6) is 0 Å². The number of carboxylic acids is 1. The van der Waals surface area contributed by atoms with Crippen molar-refractivity contribution in [2.75, 3.05) is 0 Å². The van der Waals surface area contributed by atoms with Gasteiger partial charge in [-0.3, -0.25) is 0 Å². The minimum Gasteiger partial charge on any atom is -0.478 e. The molecule has 3 heteroatoms. The summed E-state index contributed by atoms with van der Waals surface area (Å²) in [6.07, 6.45) is 0. The van der Waals surface area contributed by atoms with E-state index in [2.05, 4.69) is 0 Å². The van der Waals surface area contributed by atoms with Gasteiger partial charge in [-0.15, -0.1) is 0 Å². The van der Waals surface area contributed by atoms with E-state index in [0.717, 1.165) is 0 Å². The third kappa shape index (κ3) is 1.93. The molecule has 0 amide bonds. The Hall–Kier alpha value is -1.25. The van der Waals surface area contributed by atoms with Gasteiger partial charge in [0.05, 0.1) is 14.0 Å². The van der Waals surface area contributed by atoms with Crippen molar-refractivity contribution in [3.05, 3.63) is 35.9 Å². The quantitative estimate of drug-likeness (QED) is 0.560. The van der Waals surface area contributed by atoms with Gasteiger partial charge in [0.15, 0.2) is 0 Å². The Kier molecular flexibility index (Phi) is 3.26. The van der Waals surface area contributed by atoms with Crippen molar-refractivity contribution in [3.8, 4) is 0 Å². The number of aromatic carboxylic acids is 1. The van der Waals surface area contributed by atoms with Gasteiger partial charge in [-0.25, -0.2) is 4.79 Å². The van der Waals surface area contributed by atoms with E-state index < -0.39 is 5.97 Å². The first kappa shape index (κ1) is 8.75. The Morgan fingerprint density at radius 1 is 1.20 bits per heavy atom. The van der Waals surface area contributed by atoms with Gasteiger partial charge in [0, 0.05) is 0 Å². The van der Waals surface area contributed by atoms with Crippen LogP contribution in [0.3, 0.4) is 0 Å². The standard InChI is InChI=1S/C7H6O2.BH3/c8-7(9)6-4-2-1-3-5-6;/h1-5H,(H,8,9);1H3. The lowest BCUT2D eigenvalue weighted by atomic mass is 10.2. The summed E-state index contributed by atoms with van der Waals surface area (Å²) in [5.41, 5.74) is 0.331. The molecule has 0 unspecified atom stereocenters. The van der Waals surface area contributed by atoms with Gasteiger partial charge in [0.1, 0.15) is 0 Å². The van der Waals surface area contributed by atoms with Crippen LogP contribution in [0, 0.1) is 0 Å². The van der Waals surface area contributed by atoms with E-state index in [1.165, 1.54) is 0 Å². The molecule has 0 aliphatic carbocycles. The third-order valence-electron chi connectivity index (χ3n) is 1.02. The highest BCUT2D eigenvalue weighted by molar-refractivity contribution is 5.87. The fourth-order valence-corrected chi connectivity index (χ4v) is 0.581. The number of benzene rings is 1. The van der Waals surface area contributed by atoms with Crippen LogP contribution in [0.25, 0.3) is 0 Å². The van der Waals surface area contributed by atoms with Gasteiger partial charge in [-0.05, 0) is 12.1 Å². The Morgan fingerprint density at radius 2 is 1.70 bits per heavy atom. The predicted octanol–water partition coefficient (Wildman–Crippen LogP) is 0.201. The molecule has 0 spiro atoms. The smallest absolute Gasteiger partial charge is 0.335 e. The summed E-state index contributed by atoms with van der Waals surface area (Å²) in [6.45, 7) is 0. The van der Waals surface area contributed by atoms with Crippen LogP contribution in [0.1, 0.15) is 10.4 Å². The zero-order chi connectivity index (χ0) is 6.69. The number of carboxylic acid groups (broad SMARTS) is 1. The normalized spacial score (nSPS) is 8.00.